The maximum Gasteiger partial charge on any atom is 0.337 e. The largest absolute Gasteiger partial charge is 0.478 e. The van der Waals surface area contributed by atoms with E-state index in [1.807, 2.05) is 0 Å². The molecule has 2 rings (SSSR count). The first-order chi connectivity index (χ1) is 8.58. The number of carboxylic acid groups (broad SMARTS) is 1. The van der Waals surface area contributed by atoms with E-state index in [2.05, 4.69) is 15.0 Å². The second-order valence-corrected chi connectivity index (χ2v) is 4.38. The van der Waals surface area contributed by atoms with Crippen molar-refractivity contribution in [3.63, 3.8) is 0 Å². The molecule has 0 aromatic carbocycles. The number of aryl methyl sites for hydroxylation is 1. The third kappa shape index (κ3) is 2.62. The van der Waals surface area contributed by atoms with E-state index in [9.17, 15) is 9.18 Å². The fourth-order valence-corrected chi connectivity index (χ4v) is 1.95. The van der Waals surface area contributed by atoms with E-state index in [-0.39, 0.29) is 16.3 Å². The Morgan fingerprint density at radius 1 is 1.33 bits per heavy atom. The Kier molecular flexibility index (Phi) is 3.52. The Morgan fingerprint density at radius 2 is 2.11 bits per heavy atom. The second-order valence-electron chi connectivity index (χ2n) is 3.37. The molecule has 0 aliphatic heterocycles. The van der Waals surface area contributed by atoms with Crippen LogP contribution in [0.25, 0.3) is 0 Å². The summed E-state index contributed by atoms with van der Waals surface area (Å²) in [4.78, 5) is 22.1. The Balaban J connectivity index is 2.24. The molecule has 2 aromatic rings. The summed E-state index contributed by atoms with van der Waals surface area (Å²) in [5.41, 5.74) is 0.341. The summed E-state index contributed by atoms with van der Waals surface area (Å²) in [7, 11) is 0. The molecule has 0 radical (unpaired) electrons. The van der Waals surface area contributed by atoms with E-state index >= 15 is 0 Å². The van der Waals surface area contributed by atoms with Crippen LogP contribution < -0.4 is 0 Å². The summed E-state index contributed by atoms with van der Waals surface area (Å²) in [6.45, 7) is 1.54. The molecule has 0 bridgehead atoms. The highest BCUT2D eigenvalue weighted by molar-refractivity contribution is 7.99. The van der Waals surface area contributed by atoms with Crippen LogP contribution in [0.1, 0.15) is 16.1 Å². The lowest BCUT2D eigenvalue weighted by atomic mass is 10.3. The van der Waals surface area contributed by atoms with Gasteiger partial charge in [0.1, 0.15) is 16.4 Å². The number of hydrogen-bond donors (Lipinski definition) is 1. The van der Waals surface area contributed by atoms with Gasteiger partial charge < -0.3 is 5.11 Å². The van der Waals surface area contributed by atoms with E-state index in [1.165, 1.54) is 24.7 Å². The minimum absolute atomic E-state index is 0.0821. The molecule has 7 heteroatoms. The van der Waals surface area contributed by atoms with Gasteiger partial charge in [0.15, 0.2) is 5.82 Å². The topological polar surface area (TPSA) is 76.0 Å². The van der Waals surface area contributed by atoms with Crippen LogP contribution in [-0.2, 0) is 0 Å². The molecule has 0 saturated carbocycles. The van der Waals surface area contributed by atoms with E-state index in [4.69, 9.17) is 5.11 Å². The van der Waals surface area contributed by atoms with Gasteiger partial charge in [-0.25, -0.2) is 24.1 Å². The van der Waals surface area contributed by atoms with Gasteiger partial charge in [-0.1, -0.05) is 0 Å². The first kappa shape index (κ1) is 12.4. The zero-order chi connectivity index (χ0) is 13.1. The van der Waals surface area contributed by atoms with Crippen molar-refractivity contribution in [1.82, 2.24) is 15.0 Å². The number of rotatable bonds is 3. The molecule has 0 fully saturated rings. The number of nitrogens with zero attached hydrogens (tertiary/aromatic N) is 3. The van der Waals surface area contributed by atoms with Crippen molar-refractivity contribution in [2.45, 2.75) is 17.0 Å². The highest BCUT2D eigenvalue weighted by atomic mass is 32.2. The standard InChI is InChI=1S/C11H8FN3O2S/c1-6-9(12)10(15-5-14-6)18-8-3-2-7(4-13-8)11(16)17/h2-5H,1H3,(H,16,17). The number of carboxylic acids is 1. The minimum atomic E-state index is -1.05. The molecule has 18 heavy (non-hydrogen) atoms. The van der Waals surface area contributed by atoms with Crippen molar-refractivity contribution < 1.29 is 14.3 Å². The quantitative estimate of drug-likeness (QED) is 0.857. The number of pyridine rings is 1. The first-order valence-corrected chi connectivity index (χ1v) is 5.74. The fourth-order valence-electron chi connectivity index (χ4n) is 1.17. The Labute approximate surface area is 106 Å². The Hall–Kier alpha value is -2.02. The third-order valence-corrected chi connectivity index (χ3v) is 3.04. The highest BCUT2D eigenvalue weighted by Gasteiger charge is 2.10. The zero-order valence-electron chi connectivity index (χ0n) is 9.29. The van der Waals surface area contributed by atoms with Crippen LogP contribution >= 0.6 is 11.8 Å². The van der Waals surface area contributed by atoms with Crippen molar-refractivity contribution in [2.75, 3.05) is 0 Å². The molecule has 0 atom stereocenters. The summed E-state index contributed by atoms with van der Waals surface area (Å²) in [6.07, 6.45) is 2.49. The number of aromatic nitrogens is 3. The van der Waals surface area contributed by atoms with Crippen LogP contribution in [0.15, 0.2) is 34.7 Å². The van der Waals surface area contributed by atoms with E-state index in [0.717, 1.165) is 11.8 Å². The monoisotopic (exact) mass is 265 g/mol. The van der Waals surface area contributed by atoms with Crippen LogP contribution in [0, 0.1) is 12.7 Å². The molecular weight excluding hydrogens is 257 g/mol. The van der Waals surface area contributed by atoms with Gasteiger partial charge in [0.2, 0.25) is 0 Å². The summed E-state index contributed by atoms with van der Waals surface area (Å²) in [5, 5.41) is 9.35. The van der Waals surface area contributed by atoms with Crippen LogP contribution in [0.3, 0.4) is 0 Å². The first-order valence-electron chi connectivity index (χ1n) is 4.92. The molecule has 0 aliphatic rings. The highest BCUT2D eigenvalue weighted by Crippen LogP contribution is 2.26. The maximum absolute atomic E-state index is 13.6. The number of halogens is 1. The normalized spacial score (nSPS) is 10.3. The third-order valence-electron chi connectivity index (χ3n) is 2.12. The second kappa shape index (κ2) is 5.09. The van der Waals surface area contributed by atoms with Gasteiger partial charge in [0.05, 0.1) is 11.3 Å². The molecule has 0 aliphatic carbocycles. The summed E-state index contributed by atoms with van der Waals surface area (Å²) >= 11 is 1.02. The molecule has 0 saturated heterocycles. The molecule has 0 unspecified atom stereocenters. The van der Waals surface area contributed by atoms with Crippen LogP contribution in [0.2, 0.25) is 0 Å². The van der Waals surface area contributed by atoms with Gasteiger partial charge in [-0.15, -0.1) is 0 Å². The van der Waals surface area contributed by atoms with Crippen LogP contribution in [0.4, 0.5) is 4.39 Å². The predicted octanol–water partition coefficient (Wildman–Crippen LogP) is 2.17. The van der Waals surface area contributed by atoms with Crippen molar-refractivity contribution >= 4 is 17.7 Å². The van der Waals surface area contributed by atoms with Crippen molar-refractivity contribution in [1.29, 1.82) is 0 Å². The number of aromatic carboxylic acids is 1. The van der Waals surface area contributed by atoms with Gasteiger partial charge >= 0.3 is 5.97 Å². The van der Waals surface area contributed by atoms with Gasteiger partial charge in [0.25, 0.3) is 0 Å². The molecule has 2 heterocycles. The zero-order valence-corrected chi connectivity index (χ0v) is 10.1. The van der Waals surface area contributed by atoms with Crippen molar-refractivity contribution in [3.05, 3.63) is 41.7 Å². The average Bonchev–Trinajstić information content (AvgIpc) is 2.36. The number of carbonyl (C=O) groups is 1. The molecule has 0 spiro atoms. The summed E-state index contributed by atoms with van der Waals surface area (Å²) in [6, 6.07) is 2.91. The van der Waals surface area contributed by atoms with Gasteiger partial charge in [-0.2, -0.15) is 0 Å². The molecule has 2 aromatic heterocycles. The maximum atomic E-state index is 13.6. The van der Waals surface area contributed by atoms with Crippen molar-refractivity contribution in [2.24, 2.45) is 0 Å². The van der Waals surface area contributed by atoms with Gasteiger partial charge in [0, 0.05) is 6.20 Å². The average molecular weight is 265 g/mol. The molecule has 5 nitrogen and oxygen atoms in total. The van der Waals surface area contributed by atoms with Gasteiger partial charge in [-0.05, 0) is 30.8 Å². The van der Waals surface area contributed by atoms with Crippen LogP contribution in [-0.4, -0.2) is 26.0 Å². The van der Waals surface area contributed by atoms with Crippen molar-refractivity contribution in [3.8, 4) is 0 Å². The van der Waals surface area contributed by atoms with E-state index in [0.29, 0.717) is 5.03 Å². The fraction of sp³-hybridized carbons (Fsp3) is 0.0909. The molecule has 0 amide bonds. The van der Waals surface area contributed by atoms with Gasteiger partial charge in [-0.3, -0.25) is 0 Å². The smallest absolute Gasteiger partial charge is 0.337 e. The lowest BCUT2D eigenvalue weighted by Gasteiger charge is -2.03. The summed E-state index contributed by atoms with van der Waals surface area (Å²) < 4.78 is 13.6. The lowest BCUT2D eigenvalue weighted by Crippen LogP contribution is -1.97. The minimum Gasteiger partial charge on any atom is -0.478 e. The SMILES string of the molecule is Cc1ncnc(Sc2ccc(C(=O)O)cn2)c1F. The van der Waals surface area contributed by atoms with E-state index < -0.39 is 11.8 Å². The Bertz CT molecular complexity index is 589. The predicted molar refractivity (Wildman–Crippen MR) is 62.0 cm³/mol. The van der Waals surface area contributed by atoms with E-state index in [1.54, 1.807) is 6.92 Å². The number of hydrogen-bond acceptors (Lipinski definition) is 5. The molecule has 1 N–H and O–H groups in total. The molecule has 92 valence electrons. The Morgan fingerprint density at radius 3 is 2.72 bits per heavy atom. The lowest BCUT2D eigenvalue weighted by molar-refractivity contribution is 0.0696. The van der Waals surface area contributed by atoms with Crippen LogP contribution in [0.5, 0.6) is 0 Å². The summed E-state index contributed by atoms with van der Waals surface area (Å²) in [5.74, 6) is -1.55. The molecular formula is C11H8FN3O2S.